The molecule has 3 N–H and O–H groups in total. The lowest BCUT2D eigenvalue weighted by molar-refractivity contribution is -0.148. The molecule has 20 heavy (non-hydrogen) atoms. The Morgan fingerprint density at radius 2 is 1.95 bits per heavy atom. The van der Waals surface area contributed by atoms with Crippen molar-refractivity contribution in [3.05, 3.63) is 35.9 Å². The van der Waals surface area contributed by atoms with E-state index in [-0.39, 0.29) is 29.9 Å². The maximum atomic E-state index is 14.0. The summed E-state index contributed by atoms with van der Waals surface area (Å²) < 4.78 is 28.0. The van der Waals surface area contributed by atoms with Gasteiger partial charge in [-0.1, -0.05) is 36.8 Å². The number of carbonyl (C=O) groups excluding carboxylic acids is 1. The summed E-state index contributed by atoms with van der Waals surface area (Å²) in [7, 11) is 0. The number of nitrogens with two attached hydrogens (primary N) is 1. The maximum absolute atomic E-state index is 14.0. The van der Waals surface area contributed by atoms with Gasteiger partial charge in [0.1, 0.15) is 0 Å². The predicted molar refractivity (Wildman–Crippen MR) is 75.9 cm³/mol. The zero-order valence-corrected chi connectivity index (χ0v) is 11.8. The number of rotatable bonds is 4. The minimum Gasteiger partial charge on any atom is -0.347 e. The van der Waals surface area contributed by atoms with Crippen LogP contribution in [0.3, 0.4) is 0 Å². The first-order valence-electron chi connectivity index (χ1n) is 6.50. The van der Waals surface area contributed by atoms with Crippen LogP contribution in [-0.2, 0) is 10.7 Å². The molecule has 112 valence electrons. The molecule has 1 aromatic carbocycles. The van der Waals surface area contributed by atoms with Crippen LogP contribution in [0, 0.1) is 5.92 Å². The summed E-state index contributed by atoms with van der Waals surface area (Å²) in [6.07, 6.45) is 2.53. The Labute approximate surface area is 123 Å². The van der Waals surface area contributed by atoms with E-state index in [1.807, 2.05) is 0 Å². The zero-order valence-electron chi connectivity index (χ0n) is 11.0. The molecule has 0 saturated heterocycles. The van der Waals surface area contributed by atoms with Crippen LogP contribution >= 0.6 is 12.4 Å². The largest absolute Gasteiger partial charge is 0.349 e. The topological polar surface area (TPSA) is 55.1 Å². The van der Waals surface area contributed by atoms with Crippen molar-refractivity contribution in [1.82, 2.24) is 5.32 Å². The molecule has 2 rings (SSSR count). The average molecular weight is 305 g/mol. The molecule has 0 heterocycles. The van der Waals surface area contributed by atoms with Gasteiger partial charge in [0.2, 0.25) is 0 Å². The van der Waals surface area contributed by atoms with Crippen LogP contribution in [0.4, 0.5) is 8.78 Å². The molecule has 0 radical (unpaired) electrons. The first-order chi connectivity index (χ1) is 9.05. The van der Waals surface area contributed by atoms with Gasteiger partial charge < -0.3 is 11.1 Å². The van der Waals surface area contributed by atoms with Gasteiger partial charge in [-0.2, -0.15) is 8.78 Å². The summed E-state index contributed by atoms with van der Waals surface area (Å²) in [6.45, 7) is 0.419. The van der Waals surface area contributed by atoms with E-state index >= 15 is 0 Å². The SMILES string of the molecule is Cl.NCC1CCCC1NC(=O)C(F)(F)c1ccccc1. The number of amides is 1. The third kappa shape index (κ3) is 3.46. The monoisotopic (exact) mass is 304 g/mol. The van der Waals surface area contributed by atoms with Crippen LogP contribution < -0.4 is 11.1 Å². The zero-order chi connectivity index (χ0) is 13.9. The molecule has 0 bridgehead atoms. The molecule has 2 unspecified atom stereocenters. The Balaban J connectivity index is 0.00000200. The molecular formula is C14H19ClF2N2O. The van der Waals surface area contributed by atoms with E-state index in [4.69, 9.17) is 5.73 Å². The summed E-state index contributed by atoms with van der Waals surface area (Å²) >= 11 is 0. The van der Waals surface area contributed by atoms with E-state index in [9.17, 15) is 13.6 Å². The van der Waals surface area contributed by atoms with Crippen LogP contribution in [0.5, 0.6) is 0 Å². The molecular weight excluding hydrogens is 286 g/mol. The van der Waals surface area contributed by atoms with Crippen molar-refractivity contribution < 1.29 is 13.6 Å². The summed E-state index contributed by atoms with van der Waals surface area (Å²) in [6, 6.07) is 6.92. The normalized spacial score (nSPS) is 22.1. The van der Waals surface area contributed by atoms with Gasteiger partial charge in [0.25, 0.3) is 5.91 Å². The lowest BCUT2D eigenvalue weighted by Gasteiger charge is -2.23. The van der Waals surface area contributed by atoms with Gasteiger partial charge in [-0.15, -0.1) is 12.4 Å². The van der Waals surface area contributed by atoms with E-state index in [0.717, 1.165) is 19.3 Å². The number of carbonyl (C=O) groups is 1. The number of halogens is 3. The molecule has 0 aliphatic heterocycles. The van der Waals surface area contributed by atoms with Gasteiger partial charge in [0.05, 0.1) is 0 Å². The van der Waals surface area contributed by atoms with Gasteiger partial charge >= 0.3 is 5.92 Å². The fraction of sp³-hybridized carbons (Fsp3) is 0.500. The van der Waals surface area contributed by atoms with Crippen molar-refractivity contribution in [3.8, 4) is 0 Å². The second kappa shape index (κ2) is 6.99. The molecule has 1 aliphatic carbocycles. The first-order valence-corrected chi connectivity index (χ1v) is 6.50. The van der Waals surface area contributed by atoms with Gasteiger partial charge in [0.15, 0.2) is 0 Å². The Kier molecular flexibility index (Phi) is 5.89. The summed E-state index contributed by atoms with van der Waals surface area (Å²) in [4.78, 5) is 11.8. The fourth-order valence-electron chi connectivity index (χ4n) is 2.55. The molecule has 1 aliphatic rings. The van der Waals surface area contributed by atoms with E-state index in [0.29, 0.717) is 6.54 Å². The Hall–Kier alpha value is -1.20. The lowest BCUT2D eigenvalue weighted by Crippen LogP contribution is -2.46. The van der Waals surface area contributed by atoms with Crippen LogP contribution in [0.15, 0.2) is 30.3 Å². The second-order valence-electron chi connectivity index (χ2n) is 4.95. The quantitative estimate of drug-likeness (QED) is 0.897. The van der Waals surface area contributed by atoms with Gasteiger partial charge in [-0.3, -0.25) is 4.79 Å². The van der Waals surface area contributed by atoms with E-state index < -0.39 is 11.8 Å². The van der Waals surface area contributed by atoms with E-state index in [1.54, 1.807) is 6.07 Å². The molecule has 1 amide bonds. The minimum absolute atomic E-state index is 0. The first kappa shape index (κ1) is 16.9. The Morgan fingerprint density at radius 3 is 2.55 bits per heavy atom. The number of hydrogen-bond acceptors (Lipinski definition) is 2. The van der Waals surface area contributed by atoms with Crippen molar-refractivity contribution in [2.45, 2.75) is 31.2 Å². The number of hydrogen-bond donors (Lipinski definition) is 2. The van der Waals surface area contributed by atoms with Crippen molar-refractivity contribution in [3.63, 3.8) is 0 Å². The molecule has 6 heteroatoms. The molecule has 1 fully saturated rings. The lowest BCUT2D eigenvalue weighted by atomic mass is 10.0. The van der Waals surface area contributed by atoms with Crippen molar-refractivity contribution in [2.75, 3.05) is 6.54 Å². The molecule has 1 aromatic rings. The highest BCUT2D eigenvalue weighted by atomic mass is 35.5. The number of nitrogens with one attached hydrogen (secondary N) is 1. The van der Waals surface area contributed by atoms with Crippen molar-refractivity contribution in [2.24, 2.45) is 11.7 Å². The number of alkyl halides is 2. The van der Waals surface area contributed by atoms with Crippen LogP contribution in [0.25, 0.3) is 0 Å². The maximum Gasteiger partial charge on any atom is 0.349 e. The standard InChI is InChI=1S/C14H18F2N2O.ClH/c15-14(16,11-6-2-1-3-7-11)13(19)18-12-8-4-5-10(12)9-17;/h1-3,6-7,10,12H,4-5,8-9,17H2,(H,18,19);1H. The Morgan fingerprint density at radius 1 is 1.30 bits per heavy atom. The van der Waals surface area contributed by atoms with Crippen molar-refractivity contribution >= 4 is 18.3 Å². The van der Waals surface area contributed by atoms with E-state index in [1.165, 1.54) is 24.3 Å². The highest BCUT2D eigenvalue weighted by Crippen LogP contribution is 2.30. The number of benzene rings is 1. The second-order valence-corrected chi connectivity index (χ2v) is 4.95. The molecule has 2 atom stereocenters. The third-order valence-corrected chi connectivity index (χ3v) is 3.70. The summed E-state index contributed by atoms with van der Waals surface area (Å²) in [5.41, 5.74) is 5.30. The van der Waals surface area contributed by atoms with Gasteiger partial charge in [-0.25, -0.2) is 0 Å². The Bertz CT molecular complexity index is 442. The highest BCUT2D eigenvalue weighted by Gasteiger charge is 2.42. The van der Waals surface area contributed by atoms with Crippen LogP contribution in [-0.4, -0.2) is 18.5 Å². The molecule has 0 aromatic heterocycles. The average Bonchev–Trinajstić information content (AvgIpc) is 2.87. The predicted octanol–water partition coefficient (Wildman–Crippen LogP) is 2.44. The molecule has 0 spiro atoms. The van der Waals surface area contributed by atoms with Gasteiger partial charge in [0, 0.05) is 11.6 Å². The molecule has 1 saturated carbocycles. The summed E-state index contributed by atoms with van der Waals surface area (Å²) in [5, 5.41) is 2.45. The third-order valence-electron chi connectivity index (χ3n) is 3.70. The minimum atomic E-state index is -3.50. The fourth-order valence-corrected chi connectivity index (χ4v) is 2.55. The van der Waals surface area contributed by atoms with Crippen LogP contribution in [0.1, 0.15) is 24.8 Å². The van der Waals surface area contributed by atoms with Crippen molar-refractivity contribution in [1.29, 1.82) is 0 Å². The van der Waals surface area contributed by atoms with Crippen LogP contribution in [0.2, 0.25) is 0 Å². The highest BCUT2D eigenvalue weighted by molar-refractivity contribution is 5.85. The van der Waals surface area contributed by atoms with E-state index in [2.05, 4.69) is 5.32 Å². The summed E-state index contributed by atoms with van der Waals surface area (Å²) in [5.74, 6) is -4.62. The van der Waals surface area contributed by atoms with Gasteiger partial charge in [-0.05, 0) is 25.3 Å². The molecule has 3 nitrogen and oxygen atoms in total. The smallest absolute Gasteiger partial charge is 0.347 e.